The molecule has 2 aromatic heterocycles. The first-order valence-corrected chi connectivity index (χ1v) is 6.60. The summed E-state index contributed by atoms with van der Waals surface area (Å²) in [5.41, 5.74) is -0.470. The van der Waals surface area contributed by atoms with Crippen LogP contribution in [0.25, 0.3) is 0 Å². The van der Waals surface area contributed by atoms with Crippen molar-refractivity contribution >= 4 is 5.91 Å². The number of rotatable bonds is 7. The van der Waals surface area contributed by atoms with Gasteiger partial charge in [0.2, 0.25) is 5.91 Å². The van der Waals surface area contributed by atoms with Gasteiger partial charge in [-0.15, -0.1) is 0 Å². The van der Waals surface area contributed by atoms with E-state index in [9.17, 15) is 14.7 Å². The number of aromatic nitrogens is 2. The second-order valence-corrected chi connectivity index (χ2v) is 4.67. The SMILES string of the molecule is O=C(Cn1cccnc1=O)NCC(CO)Cc1ccco1. The van der Waals surface area contributed by atoms with Crippen molar-refractivity contribution in [2.45, 2.75) is 13.0 Å². The second kappa shape index (κ2) is 7.39. The van der Waals surface area contributed by atoms with Crippen molar-refractivity contribution in [2.24, 2.45) is 5.92 Å². The highest BCUT2D eigenvalue weighted by Crippen LogP contribution is 2.08. The highest BCUT2D eigenvalue weighted by Gasteiger charge is 2.12. The van der Waals surface area contributed by atoms with Gasteiger partial charge in [0.05, 0.1) is 6.26 Å². The zero-order chi connectivity index (χ0) is 15.1. The summed E-state index contributed by atoms with van der Waals surface area (Å²) in [6.45, 7) is 0.157. The summed E-state index contributed by atoms with van der Waals surface area (Å²) in [6, 6.07) is 5.18. The van der Waals surface area contributed by atoms with E-state index in [0.29, 0.717) is 13.0 Å². The van der Waals surface area contributed by atoms with E-state index in [1.807, 2.05) is 6.07 Å². The zero-order valence-electron chi connectivity index (χ0n) is 11.4. The number of aliphatic hydroxyl groups is 1. The number of carbonyl (C=O) groups excluding carboxylic acids is 1. The molecule has 2 aromatic rings. The normalized spacial score (nSPS) is 12.0. The fraction of sp³-hybridized carbons (Fsp3) is 0.357. The van der Waals surface area contributed by atoms with Crippen molar-refractivity contribution in [2.75, 3.05) is 13.2 Å². The van der Waals surface area contributed by atoms with Gasteiger partial charge in [-0.25, -0.2) is 9.78 Å². The molecule has 0 saturated heterocycles. The number of nitrogens with one attached hydrogen (secondary N) is 1. The van der Waals surface area contributed by atoms with Gasteiger partial charge in [-0.2, -0.15) is 0 Å². The molecule has 7 heteroatoms. The average molecular weight is 291 g/mol. The summed E-state index contributed by atoms with van der Waals surface area (Å²) in [4.78, 5) is 26.7. The summed E-state index contributed by atoms with van der Waals surface area (Å²) < 4.78 is 6.42. The van der Waals surface area contributed by atoms with Crippen molar-refractivity contribution < 1.29 is 14.3 Å². The van der Waals surface area contributed by atoms with Crippen molar-refractivity contribution in [3.8, 4) is 0 Å². The second-order valence-electron chi connectivity index (χ2n) is 4.67. The Labute approximate surface area is 121 Å². The minimum Gasteiger partial charge on any atom is -0.469 e. The van der Waals surface area contributed by atoms with Crippen LogP contribution in [0.2, 0.25) is 0 Å². The molecule has 0 aliphatic heterocycles. The quantitative estimate of drug-likeness (QED) is 0.736. The van der Waals surface area contributed by atoms with Crippen LogP contribution in [0.5, 0.6) is 0 Å². The average Bonchev–Trinajstić information content (AvgIpc) is 2.99. The number of aliphatic hydroxyl groups excluding tert-OH is 1. The minimum atomic E-state index is -0.470. The molecule has 0 fully saturated rings. The first-order valence-electron chi connectivity index (χ1n) is 6.60. The molecular weight excluding hydrogens is 274 g/mol. The van der Waals surface area contributed by atoms with Gasteiger partial charge < -0.3 is 14.8 Å². The van der Waals surface area contributed by atoms with Crippen LogP contribution in [0.15, 0.2) is 46.1 Å². The molecule has 21 heavy (non-hydrogen) atoms. The van der Waals surface area contributed by atoms with E-state index in [1.165, 1.54) is 17.0 Å². The summed E-state index contributed by atoms with van der Waals surface area (Å²) >= 11 is 0. The molecule has 1 unspecified atom stereocenters. The maximum absolute atomic E-state index is 11.8. The van der Waals surface area contributed by atoms with E-state index in [-0.39, 0.29) is 25.0 Å². The lowest BCUT2D eigenvalue weighted by Crippen LogP contribution is -2.36. The summed E-state index contributed by atoms with van der Waals surface area (Å²) in [7, 11) is 0. The van der Waals surface area contributed by atoms with Crippen LogP contribution in [-0.2, 0) is 17.8 Å². The molecule has 2 heterocycles. The summed E-state index contributed by atoms with van der Waals surface area (Å²) in [5, 5.41) is 12.0. The molecule has 0 aromatic carbocycles. The van der Waals surface area contributed by atoms with Gasteiger partial charge in [-0.3, -0.25) is 9.36 Å². The van der Waals surface area contributed by atoms with Crippen LogP contribution in [0.1, 0.15) is 5.76 Å². The Bertz CT molecular complexity index is 621. The van der Waals surface area contributed by atoms with Crippen LogP contribution in [0.4, 0.5) is 0 Å². The number of hydrogen-bond acceptors (Lipinski definition) is 5. The van der Waals surface area contributed by atoms with E-state index in [4.69, 9.17) is 4.42 Å². The van der Waals surface area contributed by atoms with Gasteiger partial charge in [-0.1, -0.05) is 0 Å². The molecule has 7 nitrogen and oxygen atoms in total. The fourth-order valence-electron chi connectivity index (χ4n) is 1.89. The first kappa shape index (κ1) is 15.0. The fourth-order valence-corrected chi connectivity index (χ4v) is 1.89. The topological polar surface area (TPSA) is 97.4 Å². The van der Waals surface area contributed by atoms with Crippen molar-refractivity contribution in [3.63, 3.8) is 0 Å². The van der Waals surface area contributed by atoms with Crippen molar-refractivity contribution in [1.82, 2.24) is 14.9 Å². The predicted octanol–water partition coefficient (Wildman–Crippen LogP) is -0.196. The molecule has 2 rings (SSSR count). The lowest BCUT2D eigenvalue weighted by Gasteiger charge is -2.14. The molecule has 0 bridgehead atoms. The maximum atomic E-state index is 11.8. The van der Waals surface area contributed by atoms with Gasteiger partial charge in [-0.05, 0) is 18.2 Å². The highest BCUT2D eigenvalue weighted by atomic mass is 16.3. The van der Waals surface area contributed by atoms with E-state index < -0.39 is 5.69 Å². The standard InChI is InChI=1S/C14H17N3O4/c18-10-11(7-12-3-1-6-21-12)8-16-13(19)9-17-5-2-4-15-14(17)20/h1-6,11,18H,7-10H2,(H,16,19). The Hall–Kier alpha value is -2.41. The maximum Gasteiger partial charge on any atom is 0.347 e. The van der Waals surface area contributed by atoms with Crippen LogP contribution in [-0.4, -0.2) is 33.7 Å². The van der Waals surface area contributed by atoms with Gasteiger partial charge in [0.15, 0.2) is 0 Å². The van der Waals surface area contributed by atoms with Gasteiger partial charge in [0, 0.05) is 37.9 Å². The monoisotopic (exact) mass is 291 g/mol. The number of furan rings is 1. The number of amides is 1. The third-order valence-corrected chi connectivity index (χ3v) is 3.01. The van der Waals surface area contributed by atoms with E-state index in [0.717, 1.165) is 5.76 Å². The first-order chi connectivity index (χ1) is 10.2. The number of carbonyl (C=O) groups is 1. The van der Waals surface area contributed by atoms with Crippen molar-refractivity contribution in [1.29, 1.82) is 0 Å². The molecule has 2 N–H and O–H groups in total. The van der Waals surface area contributed by atoms with E-state index in [1.54, 1.807) is 18.4 Å². The number of nitrogens with zero attached hydrogens (tertiary/aromatic N) is 2. The highest BCUT2D eigenvalue weighted by molar-refractivity contribution is 5.75. The van der Waals surface area contributed by atoms with Gasteiger partial charge in [0.25, 0.3) is 0 Å². The molecule has 1 atom stereocenters. The molecule has 1 amide bonds. The van der Waals surface area contributed by atoms with Gasteiger partial charge in [0.1, 0.15) is 12.3 Å². The largest absolute Gasteiger partial charge is 0.469 e. The van der Waals surface area contributed by atoms with E-state index >= 15 is 0 Å². The Morgan fingerprint density at radius 3 is 3.00 bits per heavy atom. The Morgan fingerprint density at radius 1 is 1.48 bits per heavy atom. The van der Waals surface area contributed by atoms with Crippen LogP contribution < -0.4 is 11.0 Å². The Morgan fingerprint density at radius 2 is 2.33 bits per heavy atom. The molecule has 112 valence electrons. The summed E-state index contributed by atoms with van der Waals surface area (Å²) in [5.74, 6) is 0.320. The third-order valence-electron chi connectivity index (χ3n) is 3.01. The van der Waals surface area contributed by atoms with Crippen LogP contribution in [0.3, 0.4) is 0 Å². The molecule has 0 aliphatic rings. The van der Waals surface area contributed by atoms with Crippen LogP contribution >= 0.6 is 0 Å². The van der Waals surface area contributed by atoms with Crippen LogP contribution in [0, 0.1) is 5.92 Å². The molecular formula is C14H17N3O4. The molecule has 0 spiro atoms. The smallest absolute Gasteiger partial charge is 0.347 e. The lowest BCUT2D eigenvalue weighted by atomic mass is 10.1. The summed E-state index contributed by atoms with van der Waals surface area (Å²) in [6.07, 6.45) is 4.98. The van der Waals surface area contributed by atoms with Gasteiger partial charge >= 0.3 is 5.69 Å². The minimum absolute atomic E-state index is 0.0617. The third kappa shape index (κ3) is 4.57. The Balaban J connectivity index is 1.82. The Kier molecular flexibility index (Phi) is 5.28. The predicted molar refractivity (Wildman–Crippen MR) is 74.5 cm³/mol. The molecule has 0 aliphatic carbocycles. The lowest BCUT2D eigenvalue weighted by molar-refractivity contribution is -0.122. The zero-order valence-corrected chi connectivity index (χ0v) is 11.4. The molecule has 0 radical (unpaired) electrons. The number of hydrogen-bond donors (Lipinski definition) is 2. The van der Waals surface area contributed by atoms with Crippen molar-refractivity contribution in [3.05, 3.63) is 53.1 Å². The molecule has 0 saturated carbocycles. The van der Waals surface area contributed by atoms with E-state index in [2.05, 4.69) is 10.3 Å².